The van der Waals surface area contributed by atoms with Crippen molar-refractivity contribution in [1.29, 1.82) is 0 Å². The van der Waals surface area contributed by atoms with Gasteiger partial charge in [0.15, 0.2) is 0 Å². The maximum Gasteiger partial charge on any atom is 0.338 e. The SMILES string of the molecule is CCOC(=O)c1ccc(-n2c(C)cc(C=NNC(=O)CNc3ccccc3)c2C)cc1. The molecule has 0 aliphatic heterocycles. The molecular formula is C24H26N4O3. The lowest BCUT2D eigenvalue weighted by molar-refractivity contribution is -0.119. The maximum absolute atomic E-state index is 12.0. The number of nitrogens with one attached hydrogen (secondary N) is 2. The number of carbonyl (C=O) groups is 2. The molecule has 1 aromatic heterocycles. The molecule has 2 aromatic carbocycles. The predicted octanol–water partition coefficient (Wildman–Crippen LogP) is 3.83. The van der Waals surface area contributed by atoms with Crippen molar-refractivity contribution in [2.24, 2.45) is 5.10 Å². The Morgan fingerprint density at radius 1 is 1.06 bits per heavy atom. The first-order chi connectivity index (χ1) is 15.0. The number of rotatable bonds is 8. The van der Waals surface area contributed by atoms with Crippen molar-refractivity contribution >= 4 is 23.8 Å². The van der Waals surface area contributed by atoms with Gasteiger partial charge in [-0.25, -0.2) is 10.2 Å². The number of benzene rings is 2. The third-order valence-corrected chi connectivity index (χ3v) is 4.73. The van der Waals surface area contributed by atoms with E-state index in [-0.39, 0.29) is 18.4 Å². The van der Waals surface area contributed by atoms with Crippen LogP contribution in [0.15, 0.2) is 65.8 Å². The summed E-state index contributed by atoms with van der Waals surface area (Å²) in [5.74, 6) is -0.566. The highest BCUT2D eigenvalue weighted by Gasteiger charge is 2.11. The molecular weight excluding hydrogens is 392 g/mol. The van der Waals surface area contributed by atoms with Gasteiger partial charge in [0, 0.05) is 28.3 Å². The minimum Gasteiger partial charge on any atom is -0.462 e. The summed E-state index contributed by atoms with van der Waals surface area (Å²) in [7, 11) is 0. The van der Waals surface area contributed by atoms with Crippen molar-refractivity contribution < 1.29 is 14.3 Å². The van der Waals surface area contributed by atoms with Crippen molar-refractivity contribution in [3.05, 3.63) is 83.2 Å². The van der Waals surface area contributed by atoms with E-state index < -0.39 is 0 Å². The molecule has 0 radical (unpaired) electrons. The molecule has 3 rings (SSSR count). The molecule has 0 spiro atoms. The molecule has 0 aliphatic carbocycles. The second kappa shape index (κ2) is 10.2. The van der Waals surface area contributed by atoms with Gasteiger partial charge in [-0.1, -0.05) is 18.2 Å². The quantitative estimate of drug-likeness (QED) is 0.331. The molecule has 1 heterocycles. The number of ether oxygens (including phenoxy) is 1. The van der Waals surface area contributed by atoms with Crippen LogP contribution in [0.4, 0.5) is 5.69 Å². The van der Waals surface area contributed by atoms with Gasteiger partial charge in [-0.05, 0) is 63.2 Å². The number of anilines is 1. The summed E-state index contributed by atoms with van der Waals surface area (Å²) in [6.45, 7) is 6.23. The highest BCUT2D eigenvalue weighted by Crippen LogP contribution is 2.20. The first-order valence-corrected chi connectivity index (χ1v) is 10.1. The summed E-state index contributed by atoms with van der Waals surface area (Å²) >= 11 is 0. The molecule has 160 valence electrons. The Morgan fingerprint density at radius 3 is 2.45 bits per heavy atom. The van der Waals surface area contributed by atoms with Crippen LogP contribution in [0.1, 0.15) is 34.2 Å². The normalized spacial score (nSPS) is 10.8. The molecule has 7 nitrogen and oxygen atoms in total. The van der Waals surface area contributed by atoms with Gasteiger partial charge in [-0.3, -0.25) is 4.79 Å². The third kappa shape index (κ3) is 5.60. The molecule has 0 saturated carbocycles. The van der Waals surface area contributed by atoms with Crippen molar-refractivity contribution in [3.63, 3.8) is 0 Å². The molecule has 3 aromatic rings. The van der Waals surface area contributed by atoms with Crippen LogP contribution in [0.5, 0.6) is 0 Å². The van der Waals surface area contributed by atoms with E-state index >= 15 is 0 Å². The monoisotopic (exact) mass is 418 g/mol. The van der Waals surface area contributed by atoms with E-state index in [0.29, 0.717) is 12.2 Å². The van der Waals surface area contributed by atoms with Gasteiger partial charge >= 0.3 is 5.97 Å². The molecule has 0 unspecified atom stereocenters. The third-order valence-electron chi connectivity index (χ3n) is 4.73. The molecule has 0 aliphatic rings. The number of carbonyl (C=O) groups excluding carboxylic acids is 2. The maximum atomic E-state index is 12.0. The molecule has 1 amide bonds. The van der Waals surface area contributed by atoms with Gasteiger partial charge in [-0.15, -0.1) is 0 Å². The van der Waals surface area contributed by atoms with Crippen LogP contribution in [-0.2, 0) is 9.53 Å². The zero-order chi connectivity index (χ0) is 22.2. The Kier molecular flexibility index (Phi) is 7.22. The summed E-state index contributed by atoms with van der Waals surface area (Å²) in [5, 5.41) is 7.12. The number of hydrogen-bond acceptors (Lipinski definition) is 5. The van der Waals surface area contributed by atoms with E-state index in [9.17, 15) is 9.59 Å². The highest BCUT2D eigenvalue weighted by atomic mass is 16.5. The summed E-state index contributed by atoms with van der Waals surface area (Å²) in [4.78, 5) is 23.8. The summed E-state index contributed by atoms with van der Waals surface area (Å²) < 4.78 is 7.09. The van der Waals surface area contributed by atoms with Crippen molar-refractivity contribution in [3.8, 4) is 5.69 Å². The average Bonchev–Trinajstić information content (AvgIpc) is 3.06. The number of para-hydroxylation sites is 1. The number of nitrogens with zero attached hydrogens (tertiary/aromatic N) is 2. The van der Waals surface area contributed by atoms with Crippen LogP contribution in [-0.4, -0.2) is 35.8 Å². The Hall–Kier alpha value is -3.87. The number of aryl methyl sites for hydroxylation is 1. The second-order valence-electron chi connectivity index (χ2n) is 6.94. The molecule has 0 atom stereocenters. The second-order valence-corrected chi connectivity index (χ2v) is 6.94. The Balaban J connectivity index is 1.64. The standard InChI is InChI=1S/C24H26N4O3/c1-4-31-24(30)19-10-12-22(13-11-19)28-17(2)14-20(18(28)3)15-26-27-23(29)16-25-21-8-6-5-7-9-21/h5-15,25H,4,16H2,1-3H3,(H,27,29). The van der Waals surface area contributed by atoms with E-state index in [4.69, 9.17) is 4.74 Å². The Labute approximate surface area is 181 Å². The average molecular weight is 418 g/mol. The summed E-state index contributed by atoms with van der Waals surface area (Å²) in [6, 6.07) is 18.8. The Bertz CT molecular complexity index is 1070. The predicted molar refractivity (Wildman–Crippen MR) is 122 cm³/mol. The van der Waals surface area contributed by atoms with Crippen LogP contribution >= 0.6 is 0 Å². The van der Waals surface area contributed by atoms with Gasteiger partial charge in [0.05, 0.1) is 24.9 Å². The van der Waals surface area contributed by atoms with Gasteiger partial charge in [0.25, 0.3) is 5.91 Å². The van der Waals surface area contributed by atoms with Gasteiger partial charge in [-0.2, -0.15) is 5.10 Å². The minimum absolute atomic E-state index is 0.132. The smallest absolute Gasteiger partial charge is 0.338 e. The lowest BCUT2D eigenvalue weighted by atomic mass is 10.2. The van der Waals surface area contributed by atoms with Crippen LogP contribution in [0, 0.1) is 13.8 Å². The van der Waals surface area contributed by atoms with E-state index in [1.165, 1.54) is 0 Å². The number of hydrazone groups is 1. The van der Waals surface area contributed by atoms with E-state index in [1.54, 1.807) is 25.3 Å². The number of hydrogen-bond donors (Lipinski definition) is 2. The van der Waals surface area contributed by atoms with E-state index in [0.717, 1.165) is 28.3 Å². The van der Waals surface area contributed by atoms with Crippen LogP contribution in [0.2, 0.25) is 0 Å². The number of amides is 1. The fourth-order valence-electron chi connectivity index (χ4n) is 3.23. The zero-order valence-corrected chi connectivity index (χ0v) is 17.9. The molecule has 0 bridgehead atoms. The van der Waals surface area contributed by atoms with E-state index in [2.05, 4.69) is 20.4 Å². The Morgan fingerprint density at radius 2 is 1.77 bits per heavy atom. The first-order valence-electron chi connectivity index (χ1n) is 10.1. The van der Waals surface area contributed by atoms with Gasteiger partial charge < -0.3 is 14.6 Å². The molecule has 2 N–H and O–H groups in total. The zero-order valence-electron chi connectivity index (χ0n) is 17.9. The van der Waals surface area contributed by atoms with Crippen molar-refractivity contribution in [1.82, 2.24) is 9.99 Å². The van der Waals surface area contributed by atoms with Crippen LogP contribution in [0.3, 0.4) is 0 Å². The van der Waals surface area contributed by atoms with Crippen LogP contribution < -0.4 is 10.7 Å². The highest BCUT2D eigenvalue weighted by molar-refractivity contribution is 5.89. The van der Waals surface area contributed by atoms with Crippen molar-refractivity contribution in [2.45, 2.75) is 20.8 Å². The van der Waals surface area contributed by atoms with Crippen LogP contribution in [0.25, 0.3) is 5.69 Å². The van der Waals surface area contributed by atoms with Gasteiger partial charge in [0.2, 0.25) is 0 Å². The number of esters is 1. The van der Waals surface area contributed by atoms with Gasteiger partial charge in [0.1, 0.15) is 0 Å². The molecule has 31 heavy (non-hydrogen) atoms. The lowest BCUT2D eigenvalue weighted by Crippen LogP contribution is -2.25. The molecule has 0 fully saturated rings. The fraction of sp³-hybridized carbons (Fsp3) is 0.208. The minimum atomic E-state index is -0.333. The lowest BCUT2D eigenvalue weighted by Gasteiger charge is -2.10. The summed E-state index contributed by atoms with van der Waals surface area (Å²) in [5.41, 5.74) is 7.74. The fourth-order valence-corrected chi connectivity index (χ4v) is 3.23. The van der Waals surface area contributed by atoms with E-state index in [1.807, 2.05) is 62.4 Å². The molecule has 7 heteroatoms. The largest absolute Gasteiger partial charge is 0.462 e. The first kappa shape index (κ1) is 21.8. The number of aromatic nitrogens is 1. The molecule has 0 saturated heterocycles. The topological polar surface area (TPSA) is 84.7 Å². The summed E-state index contributed by atoms with van der Waals surface area (Å²) in [6.07, 6.45) is 1.63. The van der Waals surface area contributed by atoms with Crippen molar-refractivity contribution in [2.75, 3.05) is 18.5 Å².